The van der Waals surface area contributed by atoms with Gasteiger partial charge >= 0.3 is 6.18 Å². The lowest BCUT2D eigenvalue weighted by Gasteiger charge is -2.14. The maximum atomic E-state index is 13.4. The molecule has 0 radical (unpaired) electrons. The molecule has 8 nitrogen and oxygen atoms in total. The van der Waals surface area contributed by atoms with E-state index in [0.29, 0.717) is 17.2 Å². The number of nitrogens with zero attached hydrogens (tertiary/aromatic N) is 3. The number of halogens is 3. The van der Waals surface area contributed by atoms with Gasteiger partial charge in [0.2, 0.25) is 0 Å². The summed E-state index contributed by atoms with van der Waals surface area (Å²) >= 11 is 0. The Morgan fingerprint density at radius 3 is 2.53 bits per heavy atom. The number of aromatic nitrogens is 3. The SMILES string of the molecule is COc1ccc(-c2cc(CNC(=O)c3nc4ccccc4n(-c4cccc(C(F)(F)F)c4)c3=O)on2)cc1. The Bertz CT molecular complexity index is 1690. The van der Waals surface area contributed by atoms with Crippen molar-refractivity contribution in [3.05, 3.63) is 106 Å². The highest BCUT2D eigenvalue weighted by atomic mass is 19.4. The number of hydrogen-bond donors (Lipinski definition) is 1. The van der Waals surface area contributed by atoms with Crippen molar-refractivity contribution in [2.24, 2.45) is 0 Å². The van der Waals surface area contributed by atoms with Crippen LogP contribution in [0.25, 0.3) is 28.0 Å². The molecule has 0 saturated heterocycles. The van der Waals surface area contributed by atoms with Gasteiger partial charge in [0.25, 0.3) is 11.5 Å². The van der Waals surface area contributed by atoms with E-state index in [1.165, 1.54) is 12.1 Å². The average molecular weight is 520 g/mol. The van der Waals surface area contributed by atoms with E-state index in [2.05, 4.69) is 15.5 Å². The fourth-order valence-electron chi connectivity index (χ4n) is 3.90. The Balaban J connectivity index is 1.45. The summed E-state index contributed by atoms with van der Waals surface area (Å²) in [6, 6.07) is 19.5. The zero-order chi connectivity index (χ0) is 26.9. The minimum absolute atomic E-state index is 0.0446. The van der Waals surface area contributed by atoms with E-state index in [4.69, 9.17) is 9.26 Å². The van der Waals surface area contributed by atoms with Gasteiger partial charge in [0.1, 0.15) is 11.4 Å². The van der Waals surface area contributed by atoms with Crippen LogP contribution in [-0.4, -0.2) is 27.7 Å². The van der Waals surface area contributed by atoms with Crippen molar-refractivity contribution in [2.45, 2.75) is 12.7 Å². The molecule has 5 rings (SSSR count). The fraction of sp³-hybridized carbons (Fsp3) is 0.111. The molecular weight excluding hydrogens is 501 g/mol. The molecule has 0 aliphatic carbocycles. The summed E-state index contributed by atoms with van der Waals surface area (Å²) in [5, 5.41) is 6.56. The van der Waals surface area contributed by atoms with E-state index in [9.17, 15) is 22.8 Å². The number of carbonyl (C=O) groups excluding carboxylic acids is 1. The van der Waals surface area contributed by atoms with Crippen molar-refractivity contribution < 1.29 is 27.2 Å². The van der Waals surface area contributed by atoms with Gasteiger partial charge in [0, 0.05) is 17.3 Å². The Kier molecular flexibility index (Phi) is 6.41. The molecule has 5 aromatic rings. The number of para-hydroxylation sites is 2. The second-order valence-corrected chi connectivity index (χ2v) is 8.23. The van der Waals surface area contributed by atoms with E-state index in [1.54, 1.807) is 61.7 Å². The number of rotatable bonds is 6. The molecular formula is C27H19F3N4O4. The van der Waals surface area contributed by atoms with Crippen molar-refractivity contribution in [3.8, 4) is 22.7 Å². The largest absolute Gasteiger partial charge is 0.497 e. The van der Waals surface area contributed by atoms with Crippen molar-refractivity contribution in [1.82, 2.24) is 20.0 Å². The number of ether oxygens (including phenoxy) is 1. The highest BCUT2D eigenvalue weighted by Gasteiger charge is 2.31. The van der Waals surface area contributed by atoms with E-state index in [0.717, 1.165) is 22.3 Å². The summed E-state index contributed by atoms with van der Waals surface area (Å²) in [4.78, 5) is 30.5. The first-order chi connectivity index (χ1) is 18.2. The third-order valence-corrected chi connectivity index (χ3v) is 5.78. The van der Waals surface area contributed by atoms with Crippen molar-refractivity contribution >= 4 is 16.9 Å². The molecule has 1 N–H and O–H groups in total. The lowest BCUT2D eigenvalue weighted by Crippen LogP contribution is -2.34. The van der Waals surface area contributed by atoms with Crippen LogP contribution in [0.4, 0.5) is 13.2 Å². The topological polar surface area (TPSA) is 99.2 Å². The molecule has 0 spiro atoms. The van der Waals surface area contributed by atoms with Crippen LogP contribution < -0.4 is 15.6 Å². The zero-order valence-electron chi connectivity index (χ0n) is 19.8. The lowest BCUT2D eigenvalue weighted by molar-refractivity contribution is -0.137. The van der Waals surface area contributed by atoms with Gasteiger partial charge in [-0.1, -0.05) is 23.4 Å². The van der Waals surface area contributed by atoms with Crippen molar-refractivity contribution in [3.63, 3.8) is 0 Å². The first-order valence-electron chi connectivity index (χ1n) is 11.3. The summed E-state index contributed by atoms with van der Waals surface area (Å²) < 4.78 is 51.5. The number of benzene rings is 3. The summed E-state index contributed by atoms with van der Waals surface area (Å²) in [6.07, 6.45) is -4.61. The lowest BCUT2D eigenvalue weighted by atomic mass is 10.1. The number of alkyl halides is 3. The minimum Gasteiger partial charge on any atom is -0.497 e. The number of amides is 1. The van der Waals surface area contributed by atoms with Gasteiger partial charge in [-0.2, -0.15) is 13.2 Å². The number of nitrogens with one attached hydrogen (secondary N) is 1. The molecule has 0 unspecified atom stereocenters. The third kappa shape index (κ3) is 4.85. The Hall–Kier alpha value is -4.93. The molecule has 2 heterocycles. The Labute approximate surface area is 213 Å². The Morgan fingerprint density at radius 2 is 1.79 bits per heavy atom. The molecule has 38 heavy (non-hydrogen) atoms. The molecule has 1 amide bonds. The van der Waals surface area contributed by atoms with E-state index < -0.39 is 28.9 Å². The number of fused-ring (bicyclic) bond motifs is 1. The molecule has 192 valence electrons. The predicted molar refractivity (Wildman–Crippen MR) is 132 cm³/mol. The van der Waals surface area contributed by atoms with Gasteiger partial charge in [-0.05, 0) is 54.6 Å². The molecule has 11 heteroatoms. The van der Waals surface area contributed by atoms with Crippen LogP contribution in [0.2, 0.25) is 0 Å². The second kappa shape index (κ2) is 9.85. The van der Waals surface area contributed by atoms with Gasteiger partial charge in [0.05, 0.1) is 30.3 Å². The first kappa shape index (κ1) is 24.8. The normalized spacial score (nSPS) is 11.5. The van der Waals surface area contributed by atoms with Crippen LogP contribution in [0.1, 0.15) is 21.8 Å². The van der Waals surface area contributed by atoms with Gasteiger partial charge in [-0.3, -0.25) is 14.2 Å². The quantitative estimate of drug-likeness (QED) is 0.338. The minimum atomic E-state index is -4.61. The molecule has 0 aliphatic rings. The maximum Gasteiger partial charge on any atom is 0.416 e. The number of hydrogen-bond acceptors (Lipinski definition) is 6. The molecule has 2 aromatic heterocycles. The van der Waals surface area contributed by atoms with Gasteiger partial charge in [-0.25, -0.2) is 4.98 Å². The van der Waals surface area contributed by atoms with Crippen LogP contribution in [0.5, 0.6) is 5.75 Å². The average Bonchev–Trinajstić information content (AvgIpc) is 3.40. The second-order valence-electron chi connectivity index (χ2n) is 8.23. The summed E-state index contributed by atoms with van der Waals surface area (Å²) in [6.45, 7) is -0.0977. The highest BCUT2D eigenvalue weighted by molar-refractivity contribution is 5.94. The molecule has 0 aliphatic heterocycles. The summed E-state index contributed by atoms with van der Waals surface area (Å²) in [5.41, 5.74) is -0.486. The number of methoxy groups -OCH3 is 1. The van der Waals surface area contributed by atoms with Crippen LogP contribution >= 0.6 is 0 Å². The highest BCUT2D eigenvalue weighted by Crippen LogP contribution is 2.30. The Morgan fingerprint density at radius 1 is 1.03 bits per heavy atom. The number of carbonyl (C=O) groups is 1. The maximum absolute atomic E-state index is 13.4. The molecule has 0 fully saturated rings. The van der Waals surface area contributed by atoms with Crippen LogP contribution in [0.15, 0.2) is 88.2 Å². The molecule has 0 bridgehead atoms. The van der Waals surface area contributed by atoms with Crippen LogP contribution in [0.3, 0.4) is 0 Å². The van der Waals surface area contributed by atoms with E-state index >= 15 is 0 Å². The summed E-state index contributed by atoms with van der Waals surface area (Å²) in [5.74, 6) is 0.190. The van der Waals surface area contributed by atoms with Gasteiger partial charge < -0.3 is 14.6 Å². The standard InChI is InChI=1S/C27H19F3N4O4/c1-37-19-11-9-16(10-12-19)22-14-20(38-33-22)15-31-25(35)24-26(36)34(23-8-3-2-7-21(23)32-24)18-6-4-5-17(13-18)27(28,29)30/h2-14H,15H2,1H3,(H,31,35). The molecule has 3 aromatic carbocycles. The molecule has 0 atom stereocenters. The smallest absolute Gasteiger partial charge is 0.416 e. The summed E-state index contributed by atoms with van der Waals surface area (Å²) in [7, 11) is 1.56. The predicted octanol–water partition coefficient (Wildman–Crippen LogP) is 5.00. The molecule has 0 saturated carbocycles. The fourth-order valence-corrected chi connectivity index (χ4v) is 3.90. The van der Waals surface area contributed by atoms with E-state index in [-0.39, 0.29) is 23.3 Å². The van der Waals surface area contributed by atoms with Crippen LogP contribution in [0, 0.1) is 0 Å². The van der Waals surface area contributed by atoms with Crippen molar-refractivity contribution in [2.75, 3.05) is 7.11 Å². The van der Waals surface area contributed by atoms with Gasteiger partial charge in [0.15, 0.2) is 11.5 Å². The van der Waals surface area contributed by atoms with Crippen LogP contribution in [-0.2, 0) is 12.7 Å². The van der Waals surface area contributed by atoms with Gasteiger partial charge in [-0.15, -0.1) is 0 Å². The zero-order valence-corrected chi connectivity index (χ0v) is 19.8. The third-order valence-electron chi connectivity index (χ3n) is 5.78. The first-order valence-corrected chi connectivity index (χ1v) is 11.3. The van der Waals surface area contributed by atoms with E-state index in [1.807, 2.05) is 0 Å². The van der Waals surface area contributed by atoms with Crippen molar-refractivity contribution in [1.29, 1.82) is 0 Å². The monoisotopic (exact) mass is 520 g/mol.